The molecule has 1 aromatic rings. The Morgan fingerprint density at radius 3 is 3.17 bits per heavy atom. The molecule has 1 aromatic heterocycles. The summed E-state index contributed by atoms with van der Waals surface area (Å²) in [6.07, 6.45) is 2.91. The summed E-state index contributed by atoms with van der Waals surface area (Å²) in [5.41, 5.74) is 1.02. The Labute approximate surface area is 109 Å². The van der Waals surface area contributed by atoms with Gasteiger partial charge in [0.05, 0.1) is 18.9 Å². The Bertz CT molecular complexity index is 363. The van der Waals surface area contributed by atoms with Crippen molar-refractivity contribution in [1.29, 1.82) is 0 Å². The lowest BCUT2D eigenvalue weighted by Crippen LogP contribution is -2.22. The van der Waals surface area contributed by atoms with Gasteiger partial charge in [-0.3, -0.25) is 4.98 Å². The molecule has 1 atom stereocenters. The SMILES string of the molecule is CC(C)NCc1cc(OCC2CCOC2)ccn1. The fourth-order valence-electron chi connectivity index (χ4n) is 1.88. The van der Waals surface area contributed by atoms with Crippen LogP contribution < -0.4 is 10.1 Å². The zero-order valence-electron chi connectivity index (χ0n) is 11.2. The van der Waals surface area contributed by atoms with Gasteiger partial charge in [-0.1, -0.05) is 13.8 Å². The van der Waals surface area contributed by atoms with E-state index in [-0.39, 0.29) is 0 Å². The largest absolute Gasteiger partial charge is 0.493 e. The van der Waals surface area contributed by atoms with E-state index in [0.717, 1.165) is 44.2 Å². The van der Waals surface area contributed by atoms with Gasteiger partial charge in [-0.15, -0.1) is 0 Å². The first-order valence-electron chi connectivity index (χ1n) is 6.63. The molecule has 1 unspecified atom stereocenters. The van der Waals surface area contributed by atoms with Crippen LogP contribution >= 0.6 is 0 Å². The van der Waals surface area contributed by atoms with Gasteiger partial charge in [-0.2, -0.15) is 0 Å². The number of aromatic nitrogens is 1. The van der Waals surface area contributed by atoms with Gasteiger partial charge >= 0.3 is 0 Å². The molecule has 4 heteroatoms. The van der Waals surface area contributed by atoms with Gasteiger partial charge in [0.1, 0.15) is 5.75 Å². The highest BCUT2D eigenvalue weighted by Gasteiger charge is 2.16. The van der Waals surface area contributed by atoms with Crippen molar-refractivity contribution in [1.82, 2.24) is 10.3 Å². The number of nitrogens with one attached hydrogen (secondary N) is 1. The predicted octanol–water partition coefficient (Wildman–Crippen LogP) is 1.99. The van der Waals surface area contributed by atoms with Crippen molar-refractivity contribution >= 4 is 0 Å². The van der Waals surface area contributed by atoms with Crippen LogP contribution in [0.1, 0.15) is 26.0 Å². The second-order valence-electron chi connectivity index (χ2n) is 5.06. The van der Waals surface area contributed by atoms with Gasteiger partial charge in [-0.05, 0) is 12.5 Å². The maximum atomic E-state index is 5.79. The van der Waals surface area contributed by atoms with Crippen molar-refractivity contribution in [2.45, 2.75) is 32.9 Å². The van der Waals surface area contributed by atoms with E-state index in [9.17, 15) is 0 Å². The van der Waals surface area contributed by atoms with Crippen molar-refractivity contribution in [3.8, 4) is 5.75 Å². The molecule has 0 aliphatic carbocycles. The highest BCUT2D eigenvalue weighted by Crippen LogP contribution is 2.16. The topological polar surface area (TPSA) is 43.4 Å². The Morgan fingerprint density at radius 2 is 2.44 bits per heavy atom. The Balaban J connectivity index is 1.82. The van der Waals surface area contributed by atoms with Crippen LogP contribution in [0.3, 0.4) is 0 Å². The summed E-state index contributed by atoms with van der Waals surface area (Å²) in [7, 11) is 0. The second kappa shape index (κ2) is 6.71. The molecule has 1 saturated heterocycles. The zero-order chi connectivity index (χ0) is 12.8. The van der Waals surface area contributed by atoms with Crippen molar-refractivity contribution in [2.24, 2.45) is 5.92 Å². The lowest BCUT2D eigenvalue weighted by atomic mass is 10.1. The minimum Gasteiger partial charge on any atom is -0.493 e. The molecule has 1 aliphatic heterocycles. The fourth-order valence-corrected chi connectivity index (χ4v) is 1.88. The lowest BCUT2D eigenvalue weighted by molar-refractivity contribution is 0.167. The van der Waals surface area contributed by atoms with E-state index in [1.54, 1.807) is 6.20 Å². The second-order valence-corrected chi connectivity index (χ2v) is 5.06. The normalized spacial score (nSPS) is 19.4. The number of hydrogen-bond donors (Lipinski definition) is 1. The van der Waals surface area contributed by atoms with Crippen LogP contribution in [-0.2, 0) is 11.3 Å². The van der Waals surface area contributed by atoms with Gasteiger partial charge in [0.2, 0.25) is 0 Å². The molecular formula is C14H22N2O2. The van der Waals surface area contributed by atoms with E-state index < -0.39 is 0 Å². The summed E-state index contributed by atoms with van der Waals surface area (Å²) in [6, 6.07) is 4.38. The van der Waals surface area contributed by atoms with E-state index in [2.05, 4.69) is 24.1 Å². The lowest BCUT2D eigenvalue weighted by Gasteiger charge is -2.12. The number of hydrogen-bond acceptors (Lipinski definition) is 4. The molecule has 2 rings (SSSR count). The maximum absolute atomic E-state index is 5.79. The average molecular weight is 250 g/mol. The molecule has 0 amide bonds. The minimum atomic E-state index is 0.465. The molecule has 0 aromatic carbocycles. The average Bonchev–Trinajstić information content (AvgIpc) is 2.87. The van der Waals surface area contributed by atoms with Gasteiger partial charge < -0.3 is 14.8 Å². The summed E-state index contributed by atoms with van der Waals surface area (Å²) >= 11 is 0. The highest BCUT2D eigenvalue weighted by atomic mass is 16.5. The molecule has 18 heavy (non-hydrogen) atoms. The van der Waals surface area contributed by atoms with Crippen LogP contribution in [0.2, 0.25) is 0 Å². The molecule has 0 spiro atoms. The summed E-state index contributed by atoms with van der Waals surface area (Å²) in [4.78, 5) is 4.32. The van der Waals surface area contributed by atoms with E-state index >= 15 is 0 Å². The first-order valence-corrected chi connectivity index (χ1v) is 6.63. The van der Waals surface area contributed by atoms with Crippen LogP contribution in [0.25, 0.3) is 0 Å². The van der Waals surface area contributed by atoms with Gasteiger partial charge in [0, 0.05) is 37.4 Å². The standard InChI is InChI=1S/C14H22N2O2/c1-11(2)16-8-13-7-14(3-5-15-13)18-10-12-4-6-17-9-12/h3,5,7,11-12,16H,4,6,8-10H2,1-2H3. The molecule has 0 bridgehead atoms. The van der Waals surface area contributed by atoms with Gasteiger partial charge in [0.15, 0.2) is 0 Å². The molecule has 100 valence electrons. The number of rotatable bonds is 6. The Hall–Kier alpha value is -1.13. The third-order valence-corrected chi connectivity index (χ3v) is 2.99. The Kier molecular flexibility index (Phi) is 4.96. The number of nitrogens with zero attached hydrogens (tertiary/aromatic N) is 1. The van der Waals surface area contributed by atoms with Crippen molar-refractivity contribution in [3.05, 3.63) is 24.0 Å². The molecule has 1 N–H and O–H groups in total. The van der Waals surface area contributed by atoms with Crippen LogP contribution in [0, 0.1) is 5.92 Å². The summed E-state index contributed by atoms with van der Waals surface area (Å²) in [6.45, 7) is 7.46. The van der Waals surface area contributed by atoms with Crippen LogP contribution in [0.15, 0.2) is 18.3 Å². The quantitative estimate of drug-likeness (QED) is 0.838. The monoisotopic (exact) mass is 250 g/mol. The molecule has 1 fully saturated rings. The number of pyridine rings is 1. The van der Waals surface area contributed by atoms with Crippen molar-refractivity contribution in [3.63, 3.8) is 0 Å². The van der Waals surface area contributed by atoms with E-state index in [4.69, 9.17) is 9.47 Å². The summed E-state index contributed by atoms with van der Waals surface area (Å²) in [5, 5.41) is 3.35. The first-order chi connectivity index (χ1) is 8.74. The van der Waals surface area contributed by atoms with Crippen molar-refractivity contribution in [2.75, 3.05) is 19.8 Å². The molecule has 1 aliphatic rings. The smallest absolute Gasteiger partial charge is 0.122 e. The van der Waals surface area contributed by atoms with Gasteiger partial charge in [-0.25, -0.2) is 0 Å². The summed E-state index contributed by atoms with van der Waals surface area (Å²) < 4.78 is 11.1. The minimum absolute atomic E-state index is 0.465. The molecule has 0 saturated carbocycles. The maximum Gasteiger partial charge on any atom is 0.122 e. The predicted molar refractivity (Wildman–Crippen MR) is 70.6 cm³/mol. The third-order valence-electron chi connectivity index (χ3n) is 2.99. The van der Waals surface area contributed by atoms with Crippen LogP contribution in [-0.4, -0.2) is 30.8 Å². The van der Waals surface area contributed by atoms with Gasteiger partial charge in [0.25, 0.3) is 0 Å². The number of ether oxygens (including phenoxy) is 2. The zero-order valence-corrected chi connectivity index (χ0v) is 11.2. The molecule has 0 radical (unpaired) electrons. The summed E-state index contributed by atoms with van der Waals surface area (Å²) in [5.74, 6) is 1.44. The Morgan fingerprint density at radius 1 is 1.56 bits per heavy atom. The van der Waals surface area contributed by atoms with E-state index in [1.807, 2.05) is 12.1 Å². The van der Waals surface area contributed by atoms with E-state index in [0.29, 0.717) is 12.0 Å². The first kappa shape index (κ1) is 13.3. The van der Waals surface area contributed by atoms with Crippen LogP contribution in [0.4, 0.5) is 0 Å². The third kappa shape index (κ3) is 4.27. The van der Waals surface area contributed by atoms with Crippen LogP contribution in [0.5, 0.6) is 5.75 Å². The molecule has 2 heterocycles. The molecule has 4 nitrogen and oxygen atoms in total. The molecular weight excluding hydrogens is 228 g/mol. The van der Waals surface area contributed by atoms with Crippen molar-refractivity contribution < 1.29 is 9.47 Å². The highest BCUT2D eigenvalue weighted by molar-refractivity contribution is 5.22. The van der Waals surface area contributed by atoms with E-state index in [1.165, 1.54) is 0 Å². The fraction of sp³-hybridized carbons (Fsp3) is 0.643.